The number of hydrogen-bond acceptors (Lipinski definition) is 4. The molecule has 0 saturated carbocycles. The number of fused-ring (bicyclic) bond motifs is 1. The first-order chi connectivity index (χ1) is 14.2. The highest BCUT2D eigenvalue weighted by atomic mass is 32.2. The quantitative estimate of drug-likeness (QED) is 0.472. The van der Waals surface area contributed by atoms with Crippen LogP contribution >= 0.6 is 11.8 Å². The molecule has 0 aliphatic heterocycles. The van der Waals surface area contributed by atoms with Crippen molar-refractivity contribution in [2.75, 3.05) is 7.05 Å². The molecule has 1 heterocycles. The largest absolute Gasteiger partial charge is 0.355 e. The van der Waals surface area contributed by atoms with Crippen LogP contribution in [-0.4, -0.2) is 23.2 Å². The van der Waals surface area contributed by atoms with Crippen molar-refractivity contribution in [2.45, 2.75) is 10.8 Å². The summed E-state index contributed by atoms with van der Waals surface area (Å²) in [6.45, 7) is 0. The van der Waals surface area contributed by atoms with E-state index in [9.17, 15) is 9.18 Å². The van der Waals surface area contributed by atoms with E-state index in [2.05, 4.69) is 15.5 Å². The van der Waals surface area contributed by atoms with Crippen LogP contribution in [0, 0.1) is 5.82 Å². The Morgan fingerprint density at radius 1 is 0.966 bits per heavy atom. The number of amides is 1. The van der Waals surface area contributed by atoms with Gasteiger partial charge in [0.15, 0.2) is 0 Å². The minimum absolute atomic E-state index is 0.106. The molecule has 0 atom stereocenters. The summed E-state index contributed by atoms with van der Waals surface area (Å²) in [5.41, 5.74) is 3.22. The lowest BCUT2D eigenvalue weighted by atomic mass is 10.1. The number of nitrogens with one attached hydrogen (secondary N) is 1. The maximum atomic E-state index is 13.3. The molecule has 3 aromatic carbocycles. The number of halogens is 1. The third-order valence-corrected chi connectivity index (χ3v) is 5.62. The highest BCUT2D eigenvalue weighted by molar-refractivity contribution is 7.98. The average Bonchev–Trinajstić information content (AvgIpc) is 2.77. The molecule has 0 bridgehead atoms. The van der Waals surface area contributed by atoms with E-state index >= 15 is 0 Å². The smallest absolute Gasteiger partial charge is 0.251 e. The molecule has 1 amide bonds. The molecule has 4 rings (SSSR count). The van der Waals surface area contributed by atoms with Crippen molar-refractivity contribution in [3.63, 3.8) is 0 Å². The van der Waals surface area contributed by atoms with E-state index in [1.54, 1.807) is 37.0 Å². The third kappa shape index (κ3) is 4.12. The Balaban J connectivity index is 1.65. The summed E-state index contributed by atoms with van der Waals surface area (Å²) in [6, 6.07) is 21.7. The standard InChI is InChI=1S/C23H18FN3OS/c1-25-22(28)17-6-4-5-15(13-17)14-29-23-20-8-3-2-7-19(20)21(26-27-23)16-9-11-18(24)12-10-16/h2-13H,14H2,1H3,(H,25,28). The maximum Gasteiger partial charge on any atom is 0.251 e. The summed E-state index contributed by atoms with van der Waals surface area (Å²) in [5, 5.41) is 14.3. The summed E-state index contributed by atoms with van der Waals surface area (Å²) >= 11 is 1.57. The van der Waals surface area contributed by atoms with E-state index in [1.807, 2.05) is 42.5 Å². The second kappa shape index (κ2) is 8.41. The number of nitrogens with zero attached hydrogens (tertiary/aromatic N) is 2. The molecule has 0 fully saturated rings. The van der Waals surface area contributed by atoms with Gasteiger partial charge in [0.05, 0.1) is 0 Å². The first-order valence-electron chi connectivity index (χ1n) is 9.11. The summed E-state index contributed by atoms with van der Waals surface area (Å²) < 4.78 is 13.3. The fraction of sp³-hybridized carbons (Fsp3) is 0.0870. The molecule has 4 nitrogen and oxygen atoms in total. The van der Waals surface area contributed by atoms with E-state index in [4.69, 9.17) is 0 Å². The van der Waals surface area contributed by atoms with Crippen molar-refractivity contribution < 1.29 is 9.18 Å². The van der Waals surface area contributed by atoms with Crippen LogP contribution in [0.25, 0.3) is 22.0 Å². The van der Waals surface area contributed by atoms with Gasteiger partial charge in [-0.05, 0) is 42.0 Å². The Morgan fingerprint density at radius 3 is 2.48 bits per heavy atom. The van der Waals surface area contributed by atoms with Gasteiger partial charge in [-0.2, -0.15) is 0 Å². The van der Waals surface area contributed by atoms with Gasteiger partial charge in [0.25, 0.3) is 5.91 Å². The molecule has 29 heavy (non-hydrogen) atoms. The Hall–Kier alpha value is -3.25. The summed E-state index contributed by atoms with van der Waals surface area (Å²) in [5.74, 6) is 0.280. The molecule has 144 valence electrons. The van der Waals surface area contributed by atoms with Crippen LogP contribution in [0.15, 0.2) is 77.8 Å². The highest BCUT2D eigenvalue weighted by Gasteiger charge is 2.12. The zero-order chi connectivity index (χ0) is 20.2. The lowest BCUT2D eigenvalue weighted by molar-refractivity contribution is 0.0963. The van der Waals surface area contributed by atoms with Gasteiger partial charge in [0.2, 0.25) is 0 Å². The lowest BCUT2D eigenvalue weighted by Gasteiger charge is -2.10. The van der Waals surface area contributed by atoms with Gasteiger partial charge >= 0.3 is 0 Å². The van der Waals surface area contributed by atoms with Gasteiger partial charge in [-0.3, -0.25) is 4.79 Å². The minimum atomic E-state index is -0.280. The number of carbonyl (C=O) groups is 1. The number of benzene rings is 3. The van der Waals surface area contributed by atoms with E-state index in [0.29, 0.717) is 11.3 Å². The molecule has 0 aliphatic carbocycles. The lowest BCUT2D eigenvalue weighted by Crippen LogP contribution is -2.17. The van der Waals surface area contributed by atoms with Crippen LogP contribution in [0.5, 0.6) is 0 Å². The normalized spacial score (nSPS) is 10.8. The molecular formula is C23H18FN3OS. The summed E-state index contributed by atoms with van der Waals surface area (Å²) in [7, 11) is 1.62. The van der Waals surface area contributed by atoms with Crippen LogP contribution in [0.3, 0.4) is 0 Å². The van der Waals surface area contributed by atoms with Crippen molar-refractivity contribution in [1.82, 2.24) is 15.5 Å². The SMILES string of the molecule is CNC(=O)c1cccc(CSc2nnc(-c3ccc(F)cc3)c3ccccc23)c1. The molecular weight excluding hydrogens is 385 g/mol. The van der Waals surface area contributed by atoms with E-state index < -0.39 is 0 Å². The maximum absolute atomic E-state index is 13.3. The number of thioether (sulfide) groups is 1. The van der Waals surface area contributed by atoms with Gasteiger partial charge in [0.1, 0.15) is 16.5 Å². The predicted molar refractivity (Wildman–Crippen MR) is 114 cm³/mol. The van der Waals surface area contributed by atoms with Crippen molar-refractivity contribution >= 4 is 28.4 Å². The molecule has 1 aromatic heterocycles. The second-order valence-corrected chi connectivity index (χ2v) is 7.44. The Morgan fingerprint density at radius 2 is 1.72 bits per heavy atom. The van der Waals surface area contributed by atoms with Crippen molar-refractivity contribution in [2.24, 2.45) is 0 Å². The molecule has 0 saturated heterocycles. The monoisotopic (exact) mass is 403 g/mol. The predicted octanol–water partition coefficient (Wildman–Crippen LogP) is 5.09. The van der Waals surface area contributed by atoms with Crippen LogP contribution < -0.4 is 5.32 Å². The van der Waals surface area contributed by atoms with E-state index in [0.717, 1.165) is 32.6 Å². The van der Waals surface area contributed by atoms with E-state index in [1.165, 1.54) is 12.1 Å². The third-order valence-electron chi connectivity index (χ3n) is 4.56. The topological polar surface area (TPSA) is 54.9 Å². The summed E-state index contributed by atoms with van der Waals surface area (Å²) in [4.78, 5) is 11.8. The zero-order valence-electron chi connectivity index (χ0n) is 15.7. The highest BCUT2D eigenvalue weighted by Crippen LogP contribution is 2.33. The second-order valence-electron chi connectivity index (χ2n) is 6.47. The minimum Gasteiger partial charge on any atom is -0.355 e. The fourth-order valence-corrected chi connectivity index (χ4v) is 4.02. The number of hydrogen-bond donors (Lipinski definition) is 1. The molecule has 6 heteroatoms. The zero-order valence-corrected chi connectivity index (χ0v) is 16.5. The first kappa shape index (κ1) is 19.1. The van der Waals surface area contributed by atoms with Crippen molar-refractivity contribution in [1.29, 1.82) is 0 Å². The summed E-state index contributed by atoms with van der Waals surface area (Å²) in [6.07, 6.45) is 0. The molecule has 0 unspecified atom stereocenters. The van der Waals surface area contributed by atoms with Gasteiger partial charge in [-0.25, -0.2) is 4.39 Å². The van der Waals surface area contributed by atoms with E-state index in [-0.39, 0.29) is 11.7 Å². The van der Waals surface area contributed by atoms with Crippen LogP contribution in [0.1, 0.15) is 15.9 Å². The van der Waals surface area contributed by atoms with Gasteiger partial charge in [0, 0.05) is 34.7 Å². The van der Waals surface area contributed by atoms with Gasteiger partial charge < -0.3 is 5.32 Å². The van der Waals surface area contributed by atoms with Gasteiger partial charge in [-0.15, -0.1) is 10.2 Å². The fourth-order valence-electron chi connectivity index (χ4n) is 3.11. The molecule has 0 radical (unpaired) electrons. The Bertz CT molecular complexity index is 1180. The number of rotatable bonds is 5. The number of carbonyl (C=O) groups excluding carboxylic acids is 1. The molecule has 0 spiro atoms. The Kier molecular flexibility index (Phi) is 5.53. The molecule has 0 aliphatic rings. The van der Waals surface area contributed by atoms with Crippen LogP contribution in [-0.2, 0) is 5.75 Å². The van der Waals surface area contributed by atoms with Crippen molar-refractivity contribution in [3.05, 3.63) is 89.7 Å². The van der Waals surface area contributed by atoms with Crippen molar-refractivity contribution in [3.8, 4) is 11.3 Å². The Labute approximate surface area is 172 Å². The average molecular weight is 403 g/mol. The number of aromatic nitrogens is 2. The first-order valence-corrected chi connectivity index (χ1v) is 10.1. The molecule has 4 aromatic rings. The molecule has 1 N–H and O–H groups in total. The van der Waals surface area contributed by atoms with Crippen LogP contribution in [0.4, 0.5) is 4.39 Å². The van der Waals surface area contributed by atoms with Gasteiger partial charge in [-0.1, -0.05) is 48.2 Å². The van der Waals surface area contributed by atoms with Crippen LogP contribution in [0.2, 0.25) is 0 Å².